The first kappa shape index (κ1) is 29.8. The lowest BCUT2D eigenvalue weighted by Crippen LogP contribution is -2.41. The van der Waals surface area contributed by atoms with Gasteiger partial charge in [-0.15, -0.1) is 0 Å². The third-order valence-corrected chi connectivity index (χ3v) is 7.31. The average molecular weight is 548 g/mol. The fourth-order valence-electron chi connectivity index (χ4n) is 4.60. The molecule has 1 aliphatic rings. The van der Waals surface area contributed by atoms with Gasteiger partial charge in [0.25, 0.3) is 0 Å². The number of ether oxygens (including phenoxy) is 2. The van der Waals surface area contributed by atoms with E-state index in [9.17, 15) is 4.79 Å². The third-order valence-electron chi connectivity index (χ3n) is 6.75. The van der Waals surface area contributed by atoms with Crippen LogP contribution in [0.1, 0.15) is 108 Å². The van der Waals surface area contributed by atoms with E-state index in [1.54, 1.807) is 0 Å². The van der Waals surface area contributed by atoms with Crippen LogP contribution in [0.2, 0.25) is 0 Å². The van der Waals surface area contributed by atoms with Crippen LogP contribution < -0.4 is 0 Å². The number of carbonyl (C=O) groups excluding carboxylic acids is 1. The number of benzene rings is 1. The fraction of sp³-hybridized carbons (Fsp3) is 0.645. The first-order chi connectivity index (χ1) is 17.2. The molecule has 1 aliphatic carbocycles. The van der Waals surface area contributed by atoms with Gasteiger partial charge in [-0.1, -0.05) is 135 Å². The molecule has 0 aliphatic heterocycles. The molecule has 0 aromatic heterocycles. The van der Waals surface area contributed by atoms with Gasteiger partial charge < -0.3 is 9.47 Å². The Morgan fingerprint density at radius 1 is 0.771 bits per heavy atom. The summed E-state index contributed by atoms with van der Waals surface area (Å²) in [6.45, 7) is 2.76. The minimum absolute atomic E-state index is 0.159. The van der Waals surface area contributed by atoms with Gasteiger partial charge in [-0.2, -0.15) is 0 Å². The Kier molecular flexibility index (Phi) is 16.0. The van der Waals surface area contributed by atoms with Crippen LogP contribution in [0.15, 0.2) is 54.6 Å². The molecular weight excluding hydrogens is 500 g/mol. The van der Waals surface area contributed by atoms with Gasteiger partial charge in [0, 0.05) is 17.9 Å². The predicted molar refractivity (Wildman–Crippen MR) is 151 cm³/mol. The molecule has 0 fully saturated rings. The number of rotatable bonds is 20. The number of allylic oxidation sites excluding steroid dienone is 2. The molecule has 0 atom stereocenters. The molecule has 0 spiro atoms. The van der Waals surface area contributed by atoms with Crippen LogP contribution in [-0.4, -0.2) is 30.1 Å². The van der Waals surface area contributed by atoms with Gasteiger partial charge in [-0.3, -0.25) is 0 Å². The maximum absolute atomic E-state index is 12.7. The Bertz CT molecular complexity index is 714. The monoisotopic (exact) mass is 546 g/mol. The van der Waals surface area contributed by atoms with Gasteiger partial charge in [-0.05, 0) is 37.5 Å². The molecule has 1 aromatic carbocycles. The summed E-state index contributed by atoms with van der Waals surface area (Å²) in [5.41, 5.74) is 0.119. The summed E-state index contributed by atoms with van der Waals surface area (Å²) in [6.07, 6.45) is 26.3. The Morgan fingerprint density at radius 3 is 1.74 bits per heavy atom. The topological polar surface area (TPSA) is 35.5 Å². The van der Waals surface area contributed by atoms with Crippen molar-refractivity contribution in [1.29, 1.82) is 0 Å². The van der Waals surface area contributed by atoms with Crippen molar-refractivity contribution in [3.8, 4) is 0 Å². The molecule has 0 radical (unpaired) electrons. The van der Waals surface area contributed by atoms with Crippen molar-refractivity contribution in [1.82, 2.24) is 0 Å². The van der Waals surface area contributed by atoms with Crippen LogP contribution in [0.4, 0.5) is 0 Å². The molecule has 0 amide bonds. The standard InChI is InChI=1S/C31H47BrO3/c1-2-34-30(33)31(24-22-29(23-25-31)28-20-16-15-17-21-28)35-27-19-14-12-10-8-6-4-3-5-7-9-11-13-18-26-32/h15-17,20-25,29H,2-14,18-19,26-27H2,1H3. The molecular formula is C31H47BrO3. The lowest BCUT2D eigenvalue weighted by Gasteiger charge is -2.29. The Hall–Kier alpha value is -1.39. The highest BCUT2D eigenvalue weighted by Crippen LogP contribution is 2.30. The quantitative estimate of drug-likeness (QED) is 0.0707. The second-order valence-electron chi connectivity index (χ2n) is 9.66. The van der Waals surface area contributed by atoms with Crippen LogP contribution in [0.5, 0.6) is 0 Å². The SMILES string of the molecule is CCOC(=O)C1(OCCCCCCCCCCCCCCCCBr)C=CC(c2ccccc2)C=C1. The van der Waals surface area contributed by atoms with Crippen LogP contribution in [0, 0.1) is 0 Å². The number of hydrogen-bond donors (Lipinski definition) is 0. The summed E-state index contributed by atoms with van der Waals surface area (Å²) in [4.78, 5) is 12.7. The molecule has 2 rings (SSSR count). The molecule has 0 heterocycles. The lowest BCUT2D eigenvalue weighted by molar-refractivity contribution is -0.160. The molecule has 1 aromatic rings. The van der Waals surface area contributed by atoms with E-state index in [1.807, 2.05) is 37.3 Å². The molecule has 0 saturated heterocycles. The maximum Gasteiger partial charge on any atom is 0.346 e. The van der Waals surface area contributed by atoms with E-state index in [4.69, 9.17) is 9.47 Å². The van der Waals surface area contributed by atoms with E-state index in [-0.39, 0.29) is 11.9 Å². The zero-order valence-electron chi connectivity index (χ0n) is 21.9. The number of hydrogen-bond acceptors (Lipinski definition) is 3. The molecule has 4 heteroatoms. The first-order valence-electron chi connectivity index (χ1n) is 14.0. The van der Waals surface area contributed by atoms with Gasteiger partial charge in [-0.25, -0.2) is 4.79 Å². The highest BCUT2D eigenvalue weighted by Gasteiger charge is 2.38. The molecule has 35 heavy (non-hydrogen) atoms. The minimum Gasteiger partial charge on any atom is -0.463 e. The maximum atomic E-state index is 12.7. The molecule has 196 valence electrons. The minimum atomic E-state index is -1.09. The zero-order valence-corrected chi connectivity index (χ0v) is 23.5. The van der Waals surface area contributed by atoms with Crippen molar-refractivity contribution >= 4 is 21.9 Å². The van der Waals surface area contributed by atoms with Crippen LogP contribution in [-0.2, 0) is 14.3 Å². The summed E-state index contributed by atoms with van der Waals surface area (Å²) in [6, 6.07) is 10.3. The Morgan fingerprint density at radius 2 is 1.26 bits per heavy atom. The first-order valence-corrected chi connectivity index (χ1v) is 15.1. The van der Waals surface area contributed by atoms with Crippen LogP contribution in [0.3, 0.4) is 0 Å². The molecule has 3 nitrogen and oxygen atoms in total. The fourth-order valence-corrected chi connectivity index (χ4v) is 5.00. The number of unbranched alkanes of at least 4 members (excludes halogenated alkanes) is 13. The largest absolute Gasteiger partial charge is 0.463 e. The molecule has 0 unspecified atom stereocenters. The van der Waals surface area contributed by atoms with Crippen molar-refractivity contribution in [2.45, 2.75) is 108 Å². The number of esters is 1. The molecule has 0 saturated carbocycles. The summed E-state index contributed by atoms with van der Waals surface area (Å²) in [7, 11) is 0. The van der Waals surface area contributed by atoms with Crippen molar-refractivity contribution < 1.29 is 14.3 Å². The number of carbonyl (C=O) groups is 1. The van der Waals surface area contributed by atoms with E-state index in [0.29, 0.717) is 13.2 Å². The Labute approximate surface area is 222 Å². The summed E-state index contributed by atoms with van der Waals surface area (Å²) < 4.78 is 11.5. The van der Waals surface area contributed by atoms with E-state index >= 15 is 0 Å². The number of alkyl halides is 1. The van der Waals surface area contributed by atoms with Crippen LogP contribution in [0.25, 0.3) is 0 Å². The normalized spacial score (nSPS) is 19.2. The third kappa shape index (κ3) is 11.9. The van der Waals surface area contributed by atoms with E-state index < -0.39 is 5.60 Å². The van der Waals surface area contributed by atoms with Gasteiger partial charge in [0.2, 0.25) is 5.60 Å². The van der Waals surface area contributed by atoms with Gasteiger partial charge in [0.1, 0.15) is 0 Å². The van der Waals surface area contributed by atoms with Crippen LogP contribution >= 0.6 is 15.9 Å². The average Bonchev–Trinajstić information content (AvgIpc) is 2.89. The van der Waals surface area contributed by atoms with Crippen molar-refractivity contribution in [3.63, 3.8) is 0 Å². The number of halogens is 1. The van der Waals surface area contributed by atoms with Crippen molar-refractivity contribution in [3.05, 3.63) is 60.2 Å². The predicted octanol–water partition coefficient (Wildman–Crippen LogP) is 9.07. The second-order valence-corrected chi connectivity index (χ2v) is 10.4. The summed E-state index contributed by atoms with van der Waals surface area (Å²) in [5, 5.41) is 1.15. The summed E-state index contributed by atoms with van der Waals surface area (Å²) >= 11 is 3.50. The summed E-state index contributed by atoms with van der Waals surface area (Å²) in [5.74, 6) is -0.163. The lowest BCUT2D eigenvalue weighted by atomic mass is 9.88. The van der Waals surface area contributed by atoms with E-state index in [2.05, 4.69) is 40.2 Å². The highest BCUT2D eigenvalue weighted by atomic mass is 79.9. The van der Waals surface area contributed by atoms with Gasteiger partial charge in [0.15, 0.2) is 0 Å². The van der Waals surface area contributed by atoms with Crippen molar-refractivity contribution in [2.24, 2.45) is 0 Å². The molecule has 0 bridgehead atoms. The van der Waals surface area contributed by atoms with E-state index in [0.717, 1.165) is 18.2 Å². The Balaban J connectivity index is 1.56. The zero-order chi connectivity index (χ0) is 25.0. The second kappa shape index (κ2) is 18.8. The molecule has 0 N–H and O–H groups in total. The van der Waals surface area contributed by atoms with Crippen molar-refractivity contribution in [2.75, 3.05) is 18.5 Å². The van der Waals surface area contributed by atoms with E-state index in [1.165, 1.54) is 82.6 Å². The van der Waals surface area contributed by atoms with Gasteiger partial charge >= 0.3 is 5.97 Å². The highest BCUT2D eigenvalue weighted by molar-refractivity contribution is 9.09. The smallest absolute Gasteiger partial charge is 0.346 e. The van der Waals surface area contributed by atoms with Gasteiger partial charge in [0.05, 0.1) is 6.61 Å².